The predicted molar refractivity (Wildman–Crippen MR) is 151 cm³/mol. The van der Waals surface area contributed by atoms with Crippen molar-refractivity contribution in [1.82, 2.24) is 25.2 Å². The molecular weight excluding hydrogens is 508 g/mol. The number of rotatable bonds is 13. The van der Waals surface area contributed by atoms with Crippen LogP contribution >= 0.6 is 11.3 Å². The molecule has 0 amide bonds. The number of pyridine rings is 1. The number of nitrogens with two attached hydrogens (primary N) is 1. The average molecular weight is 543 g/mol. The van der Waals surface area contributed by atoms with E-state index in [1.165, 1.54) is 11.3 Å². The maximum Gasteiger partial charge on any atom is 0.248 e. The summed E-state index contributed by atoms with van der Waals surface area (Å²) in [6.45, 7) is 3.76. The van der Waals surface area contributed by atoms with E-state index < -0.39 is 17.6 Å². The molecule has 3 aromatic heterocycles. The fourth-order valence-corrected chi connectivity index (χ4v) is 5.78. The molecule has 0 saturated carbocycles. The Kier molecular flexibility index (Phi) is 9.54. The SMILES string of the molecule is CCCC[S+]([O-])c1[nH]c2nc(-c3nccs3)cc(-c3ccc(COC(O)NCCN(C)C)cc3)c2c1N. The van der Waals surface area contributed by atoms with Crippen molar-refractivity contribution in [3.8, 4) is 21.8 Å². The number of hydrogen-bond acceptors (Lipinski definition) is 9. The van der Waals surface area contributed by atoms with Gasteiger partial charge in [-0.25, -0.2) is 9.97 Å². The lowest BCUT2D eigenvalue weighted by Gasteiger charge is -2.16. The number of aliphatic hydroxyl groups excluding tert-OH is 1. The molecule has 0 radical (unpaired) electrons. The Labute approximate surface area is 224 Å². The van der Waals surface area contributed by atoms with Crippen molar-refractivity contribution < 1.29 is 14.4 Å². The zero-order chi connectivity index (χ0) is 26.4. The van der Waals surface area contributed by atoms with Crippen molar-refractivity contribution in [2.24, 2.45) is 0 Å². The Balaban J connectivity index is 1.61. The summed E-state index contributed by atoms with van der Waals surface area (Å²) < 4.78 is 18.5. The molecular formula is C26H34N6O3S2. The number of nitrogens with zero attached hydrogens (tertiary/aromatic N) is 3. The van der Waals surface area contributed by atoms with Crippen molar-refractivity contribution in [1.29, 1.82) is 0 Å². The van der Waals surface area contributed by atoms with E-state index >= 15 is 0 Å². The first-order valence-electron chi connectivity index (χ1n) is 12.2. The fourth-order valence-electron chi connectivity index (χ4n) is 3.87. The molecule has 0 aliphatic carbocycles. The molecule has 37 heavy (non-hydrogen) atoms. The van der Waals surface area contributed by atoms with Crippen LogP contribution in [0.15, 0.2) is 46.9 Å². The normalized spacial score (nSPS) is 13.5. The van der Waals surface area contributed by atoms with Gasteiger partial charge in [-0.1, -0.05) is 37.6 Å². The van der Waals surface area contributed by atoms with Gasteiger partial charge in [-0.3, -0.25) is 10.3 Å². The number of anilines is 1. The van der Waals surface area contributed by atoms with Gasteiger partial charge in [-0.15, -0.1) is 11.3 Å². The quantitative estimate of drug-likeness (QED) is 0.148. The second kappa shape index (κ2) is 12.8. The van der Waals surface area contributed by atoms with E-state index in [1.807, 2.05) is 54.7 Å². The van der Waals surface area contributed by atoms with Crippen LogP contribution in [-0.4, -0.2) is 68.9 Å². The minimum absolute atomic E-state index is 0.263. The molecule has 4 rings (SSSR count). The lowest BCUT2D eigenvalue weighted by Crippen LogP contribution is -2.36. The number of aliphatic hydroxyl groups is 1. The van der Waals surface area contributed by atoms with Gasteiger partial charge in [-0.2, -0.15) is 0 Å². The number of hydrogen-bond donors (Lipinski definition) is 4. The highest BCUT2D eigenvalue weighted by molar-refractivity contribution is 7.91. The Morgan fingerprint density at radius 1 is 1.30 bits per heavy atom. The van der Waals surface area contributed by atoms with Crippen LogP contribution < -0.4 is 11.1 Å². The molecule has 11 heteroatoms. The third-order valence-corrected chi connectivity index (χ3v) is 8.11. The van der Waals surface area contributed by atoms with Crippen LogP contribution in [0.3, 0.4) is 0 Å². The maximum absolute atomic E-state index is 12.9. The van der Waals surface area contributed by atoms with Crippen LogP contribution in [0.1, 0.15) is 25.3 Å². The fraction of sp³-hybridized carbons (Fsp3) is 0.385. The smallest absolute Gasteiger partial charge is 0.248 e. The van der Waals surface area contributed by atoms with E-state index in [-0.39, 0.29) is 6.61 Å². The number of fused-ring (bicyclic) bond motifs is 1. The number of likely N-dealkylation sites (N-methyl/N-ethyl adjacent to an activating group) is 1. The van der Waals surface area contributed by atoms with Crippen LogP contribution in [0, 0.1) is 0 Å². The molecule has 5 N–H and O–H groups in total. The van der Waals surface area contributed by atoms with Gasteiger partial charge in [0.1, 0.15) is 27.8 Å². The Bertz CT molecular complexity index is 1280. The summed E-state index contributed by atoms with van der Waals surface area (Å²) >= 11 is 0.274. The Morgan fingerprint density at radius 2 is 2.08 bits per heavy atom. The second-order valence-corrected chi connectivity index (χ2v) is 11.4. The zero-order valence-electron chi connectivity index (χ0n) is 21.4. The number of nitrogen functional groups attached to an aromatic ring is 1. The molecule has 0 fully saturated rings. The number of aromatic nitrogens is 3. The zero-order valence-corrected chi connectivity index (χ0v) is 23.0. The molecule has 4 aromatic rings. The number of ether oxygens (including phenoxy) is 1. The summed E-state index contributed by atoms with van der Waals surface area (Å²) in [5.41, 5.74) is 11.1. The Morgan fingerprint density at radius 3 is 2.76 bits per heavy atom. The summed E-state index contributed by atoms with van der Waals surface area (Å²) in [4.78, 5) is 14.5. The van der Waals surface area contributed by atoms with Gasteiger partial charge >= 0.3 is 0 Å². The molecule has 0 aliphatic rings. The topological polar surface area (TPSA) is 135 Å². The van der Waals surface area contributed by atoms with Crippen molar-refractivity contribution >= 4 is 39.2 Å². The van der Waals surface area contributed by atoms with Crippen LogP contribution in [0.4, 0.5) is 5.69 Å². The molecule has 9 nitrogen and oxygen atoms in total. The van der Waals surface area contributed by atoms with Gasteiger partial charge in [-0.05, 0) is 43.3 Å². The molecule has 3 heterocycles. The molecule has 2 atom stereocenters. The lowest BCUT2D eigenvalue weighted by atomic mass is 10.0. The molecule has 2 unspecified atom stereocenters. The highest BCUT2D eigenvalue weighted by Gasteiger charge is 2.24. The molecule has 0 spiro atoms. The summed E-state index contributed by atoms with van der Waals surface area (Å²) in [6.07, 6.45) is 2.53. The molecule has 1 aromatic carbocycles. The van der Waals surface area contributed by atoms with Crippen molar-refractivity contribution in [2.45, 2.75) is 37.8 Å². The summed E-state index contributed by atoms with van der Waals surface area (Å²) in [5, 5.41) is 16.9. The number of thiazole rings is 1. The van der Waals surface area contributed by atoms with Gasteiger partial charge in [0.05, 0.1) is 12.0 Å². The van der Waals surface area contributed by atoms with E-state index in [0.717, 1.165) is 52.2 Å². The third-order valence-electron chi connectivity index (χ3n) is 5.88. The molecule has 198 valence electrons. The van der Waals surface area contributed by atoms with E-state index in [9.17, 15) is 9.66 Å². The number of unbranched alkanes of at least 4 members (excludes halogenated alkanes) is 1. The summed E-state index contributed by atoms with van der Waals surface area (Å²) in [6, 6.07) is 9.88. The van der Waals surface area contributed by atoms with E-state index in [4.69, 9.17) is 15.5 Å². The second-order valence-electron chi connectivity index (χ2n) is 9.00. The van der Waals surface area contributed by atoms with E-state index in [2.05, 4.69) is 22.2 Å². The minimum atomic E-state index is -1.23. The van der Waals surface area contributed by atoms with Crippen LogP contribution in [0.5, 0.6) is 0 Å². The van der Waals surface area contributed by atoms with E-state index in [1.54, 1.807) is 6.20 Å². The van der Waals surface area contributed by atoms with Crippen molar-refractivity contribution in [3.63, 3.8) is 0 Å². The van der Waals surface area contributed by atoms with Crippen molar-refractivity contribution in [3.05, 3.63) is 47.5 Å². The molecule has 0 bridgehead atoms. The predicted octanol–water partition coefficient (Wildman–Crippen LogP) is 3.79. The first-order chi connectivity index (χ1) is 17.9. The van der Waals surface area contributed by atoms with Gasteiger partial charge in [0.25, 0.3) is 0 Å². The molecule has 0 aliphatic heterocycles. The van der Waals surface area contributed by atoms with Crippen LogP contribution in [0.2, 0.25) is 0 Å². The van der Waals surface area contributed by atoms with Crippen LogP contribution in [0.25, 0.3) is 32.9 Å². The average Bonchev–Trinajstić information content (AvgIpc) is 3.54. The number of aromatic amines is 1. The number of H-pyrrole nitrogens is 1. The minimum Gasteiger partial charge on any atom is -0.610 e. The third kappa shape index (κ3) is 6.88. The standard InChI is InChI=1S/C26H34N6O3S2/c1-4-5-14-37(34)25-22(27)21-19(15-20(30-23(21)31-25)24-28-11-13-36-24)18-8-6-17(7-9-18)16-35-26(33)29-10-12-32(2)3/h6-9,11,13,15,26,29,33H,4-5,10,12,14,16,27H2,1-3H3,(H,30,31). The van der Waals surface area contributed by atoms with Gasteiger partial charge in [0, 0.05) is 35.8 Å². The van der Waals surface area contributed by atoms with Gasteiger partial charge in [0.2, 0.25) is 11.4 Å². The first kappa shape index (κ1) is 27.5. The highest BCUT2D eigenvalue weighted by Crippen LogP contribution is 2.39. The largest absolute Gasteiger partial charge is 0.610 e. The number of nitrogens with one attached hydrogen (secondary N) is 2. The Hall–Kier alpha value is -2.51. The first-order valence-corrected chi connectivity index (χ1v) is 14.4. The highest BCUT2D eigenvalue weighted by atomic mass is 32.2. The van der Waals surface area contributed by atoms with E-state index in [0.29, 0.717) is 28.7 Å². The number of benzene rings is 1. The van der Waals surface area contributed by atoms with Gasteiger partial charge < -0.3 is 25.0 Å². The summed E-state index contributed by atoms with van der Waals surface area (Å²) in [5.74, 6) is 0.548. The van der Waals surface area contributed by atoms with Gasteiger partial charge in [0.15, 0.2) is 0 Å². The van der Waals surface area contributed by atoms with Crippen LogP contribution in [-0.2, 0) is 22.5 Å². The molecule has 0 saturated heterocycles. The monoisotopic (exact) mass is 542 g/mol. The summed E-state index contributed by atoms with van der Waals surface area (Å²) in [7, 11) is 3.95. The maximum atomic E-state index is 12.9. The lowest BCUT2D eigenvalue weighted by molar-refractivity contribution is -0.128. The van der Waals surface area contributed by atoms with Crippen molar-refractivity contribution in [2.75, 3.05) is 38.7 Å².